The minimum Gasteiger partial charge on any atom is -0.468 e. The van der Waals surface area contributed by atoms with Gasteiger partial charge in [0, 0.05) is 44.3 Å². The van der Waals surface area contributed by atoms with Gasteiger partial charge in [-0.05, 0) is 27.0 Å². The van der Waals surface area contributed by atoms with Gasteiger partial charge in [-0.15, -0.1) is 0 Å². The largest absolute Gasteiger partial charge is 0.468 e. The lowest BCUT2D eigenvalue weighted by atomic mass is 10.2. The summed E-state index contributed by atoms with van der Waals surface area (Å²) in [5.41, 5.74) is 1.32. The molecule has 1 fully saturated rings. The van der Waals surface area contributed by atoms with Crippen molar-refractivity contribution < 1.29 is 4.42 Å². The number of nitrogens with zero attached hydrogens (tertiary/aromatic N) is 2. The van der Waals surface area contributed by atoms with Gasteiger partial charge < -0.3 is 9.73 Å². The molecule has 18 heavy (non-hydrogen) atoms. The van der Waals surface area contributed by atoms with E-state index in [4.69, 9.17) is 4.42 Å². The molecule has 0 aliphatic carbocycles. The molecule has 4 nitrogen and oxygen atoms in total. The molecule has 0 radical (unpaired) electrons. The quantitative estimate of drug-likeness (QED) is 0.860. The molecule has 0 amide bonds. The van der Waals surface area contributed by atoms with Crippen LogP contribution in [-0.2, 0) is 13.1 Å². The first kappa shape index (κ1) is 13.6. The second-order valence-electron chi connectivity index (χ2n) is 5.31. The van der Waals surface area contributed by atoms with Crippen LogP contribution in [0.4, 0.5) is 0 Å². The lowest BCUT2D eigenvalue weighted by Crippen LogP contribution is -2.48. The molecule has 1 aromatic heterocycles. The monoisotopic (exact) mass is 251 g/mol. The Morgan fingerprint density at radius 1 is 1.28 bits per heavy atom. The number of hydrogen-bond donors (Lipinski definition) is 1. The van der Waals surface area contributed by atoms with Crippen molar-refractivity contribution >= 4 is 0 Å². The van der Waals surface area contributed by atoms with Gasteiger partial charge in [0.25, 0.3) is 0 Å². The SMILES string of the molecule is CNCc1occc1CN1CCN(C(C)C)CC1. The first-order chi connectivity index (χ1) is 8.70. The summed E-state index contributed by atoms with van der Waals surface area (Å²) in [6.45, 7) is 11.0. The molecule has 1 N–H and O–H groups in total. The predicted molar refractivity (Wildman–Crippen MR) is 73.5 cm³/mol. The van der Waals surface area contributed by atoms with Crippen molar-refractivity contribution in [2.75, 3.05) is 33.2 Å². The zero-order valence-corrected chi connectivity index (χ0v) is 11.8. The van der Waals surface area contributed by atoms with Gasteiger partial charge >= 0.3 is 0 Å². The number of furan rings is 1. The van der Waals surface area contributed by atoms with Crippen LogP contribution in [0.1, 0.15) is 25.2 Å². The van der Waals surface area contributed by atoms with Gasteiger partial charge in [-0.1, -0.05) is 0 Å². The lowest BCUT2D eigenvalue weighted by molar-refractivity contribution is 0.103. The minimum absolute atomic E-state index is 0.668. The molecule has 2 heterocycles. The summed E-state index contributed by atoms with van der Waals surface area (Å²) in [7, 11) is 1.95. The maximum Gasteiger partial charge on any atom is 0.122 e. The third-order valence-corrected chi connectivity index (χ3v) is 3.71. The summed E-state index contributed by atoms with van der Waals surface area (Å²) >= 11 is 0. The van der Waals surface area contributed by atoms with E-state index in [0.717, 1.165) is 31.9 Å². The Labute approximate surface area is 110 Å². The molecule has 0 saturated carbocycles. The third kappa shape index (κ3) is 3.34. The van der Waals surface area contributed by atoms with Crippen molar-refractivity contribution in [1.29, 1.82) is 0 Å². The van der Waals surface area contributed by atoms with Crippen LogP contribution >= 0.6 is 0 Å². The number of rotatable bonds is 5. The van der Waals surface area contributed by atoms with Crippen LogP contribution in [0, 0.1) is 0 Å². The zero-order valence-electron chi connectivity index (χ0n) is 11.8. The predicted octanol–water partition coefficient (Wildman–Crippen LogP) is 1.52. The summed E-state index contributed by atoms with van der Waals surface area (Å²) in [5, 5.41) is 3.15. The van der Waals surface area contributed by atoms with Gasteiger partial charge in [0.1, 0.15) is 5.76 Å². The van der Waals surface area contributed by atoms with E-state index in [1.165, 1.54) is 18.7 Å². The molecule has 1 aliphatic rings. The van der Waals surface area contributed by atoms with Gasteiger partial charge in [0.05, 0.1) is 12.8 Å². The van der Waals surface area contributed by atoms with E-state index in [1.54, 1.807) is 6.26 Å². The Hall–Kier alpha value is -0.840. The van der Waals surface area contributed by atoms with E-state index in [-0.39, 0.29) is 0 Å². The van der Waals surface area contributed by atoms with E-state index < -0.39 is 0 Å². The standard InChI is InChI=1S/C14H25N3O/c1-12(2)17-7-5-16(6-8-17)11-13-4-9-18-14(13)10-15-3/h4,9,12,15H,5-8,10-11H2,1-3H3. The topological polar surface area (TPSA) is 31.7 Å². The summed E-state index contributed by atoms with van der Waals surface area (Å²) in [6, 6.07) is 2.77. The maximum atomic E-state index is 5.51. The van der Waals surface area contributed by atoms with Crippen molar-refractivity contribution in [2.45, 2.75) is 33.0 Å². The molecule has 1 saturated heterocycles. The van der Waals surface area contributed by atoms with E-state index >= 15 is 0 Å². The Bertz CT molecular complexity index is 354. The highest BCUT2D eigenvalue weighted by atomic mass is 16.3. The lowest BCUT2D eigenvalue weighted by Gasteiger charge is -2.36. The first-order valence-corrected chi connectivity index (χ1v) is 6.87. The first-order valence-electron chi connectivity index (χ1n) is 6.87. The number of nitrogens with one attached hydrogen (secondary N) is 1. The van der Waals surface area contributed by atoms with E-state index in [9.17, 15) is 0 Å². The fourth-order valence-corrected chi connectivity index (χ4v) is 2.50. The van der Waals surface area contributed by atoms with Crippen molar-refractivity contribution in [1.82, 2.24) is 15.1 Å². The van der Waals surface area contributed by atoms with Crippen LogP contribution in [0.5, 0.6) is 0 Å². The number of piperazine rings is 1. The second kappa shape index (κ2) is 6.36. The van der Waals surface area contributed by atoms with Crippen LogP contribution < -0.4 is 5.32 Å². The molecule has 0 spiro atoms. The number of hydrogen-bond acceptors (Lipinski definition) is 4. The molecule has 0 unspecified atom stereocenters. The molecule has 4 heteroatoms. The van der Waals surface area contributed by atoms with Crippen molar-refractivity contribution in [2.24, 2.45) is 0 Å². The summed E-state index contributed by atoms with van der Waals surface area (Å²) < 4.78 is 5.51. The fraction of sp³-hybridized carbons (Fsp3) is 0.714. The van der Waals surface area contributed by atoms with E-state index in [2.05, 4.69) is 35.0 Å². The molecule has 2 rings (SSSR count). The van der Waals surface area contributed by atoms with Crippen LogP contribution in [-0.4, -0.2) is 49.1 Å². The molecule has 0 bridgehead atoms. The maximum absolute atomic E-state index is 5.51. The minimum atomic E-state index is 0.668. The highest BCUT2D eigenvalue weighted by Gasteiger charge is 2.19. The van der Waals surface area contributed by atoms with Crippen molar-refractivity contribution in [3.63, 3.8) is 0 Å². The highest BCUT2D eigenvalue weighted by Crippen LogP contribution is 2.15. The summed E-state index contributed by atoms with van der Waals surface area (Å²) in [5.74, 6) is 1.07. The Morgan fingerprint density at radius 3 is 2.61 bits per heavy atom. The van der Waals surface area contributed by atoms with Crippen LogP contribution in [0.3, 0.4) is 0 Å². The molecule has 1 aromatic rings. The molecule has 1 aliphatic heterocycles. The zero-order chi connectivity index (χ0) is 13.0. The van der Waals surface area contributed by atoms with Gasteiger partial charge in [0.15, 0.2) is 0 Å². The molecule has 0 aromatic carbocycles. The molecule has 0 atom stereocenters. The van der Waals surface area contributed by atoms with Crippen molar-refractivity contribution in [3.05, 3.63) is 23.7 Å². The van der Waals surface area contributed by atoms with Crippen molar-refractivity contribution in [3.8, 4) is 0 Å². The molecule has 102 valence electrons. The molecular formula is C14H25N3O. The fourth-order valence-electron chi connectivity index (χ4n) is 2.50. The Morgan fingerprint density at radius 2 is 2.00 bits per heavy atom. The average molecular weight is 251 g/mol. The molecular weight excluding hydrogens is 226 g/mol. The van der Waals surface area contributed by atoms with Gasteiger partial charge in [-0.3, -0.25) is 9.80 Å². The van der Waals surface area contributed by atoms with Crippen LogP contribution in [0.2, 0.25) is 0 Å². The third-order valence-electron chi connectivity index (χ3n) is 3.71. The average Bonchev–Trinajstić information content (AvgIpc) is 2.78. The van der Waals surface area contributed by atoms with Crippen LogP contribution in [0.15, 0.2) is 16.7 Å². The van der Waals surface area contributed by atoms with Gasteiger partial charge in [-0.25, -0.2) is 0 Å². The van der Waals surface area contributed by atoms with Crippen LogP contribution in [0.25, 0.3) is 0 Å². The van der Waals surface area contributed by atoms with E-state index in [0.29, 0.717) is 6.04 Å². The second-order valence-corrected chi connectivity index (χ2v) is 5.31. The summed E-state index contributed by atoms with van der Waals surface area (Å²) in [4.78, 5) is 5.06. The summed E-state index contributed by atoms with van der Waals surface area (Å²) in [6.07, 6.45) is 1.80. The van der Waals surface area contributed by atoms with Gasteiger partial charge in [0.2, 0.25) is 0 Å². The normalized spacial score (nSPS) is 18.7. The smallest absolute Gasteiger partial charge is 0.122 e. The highest BCUT2D eigenvalue weighted by molar-refractivity contribution is 5.16. The van der Waals surface area contributed by atoms with E-state index in [1.807, 2.05) is 7.05 Å². The Balaban J connectivity index is 1.85. The van der Waals surface area contributed by atoms with Gasteiger partial charge in [-0.2, -0.15) is 0 Å². The Kier molecular flexibility index (Phi) is 4.80.